The van der Waals surface area contributed by atoms with E-state index in [4.69, 9.17) is 4.74 Å². The zero-order valence-corrected chi connectivity index (χ0v) is 16.4. The lowest BCUT2D eigenvalue weighted by Crippen LogP contribution is -2.24. The van der Waals surface area contributed by atoms with E-state index in [1.54, 1.807) is 36.4 Å². The Morgan fingerprint density at radius 3 is 2.28 bits per heavy atom. The number of rotatable bonds is 4. The predicted molar refractivity (Wildman–Crippen MR) is 110 cm³/mol. The van der Waals surface area contributed by atoms with E-state index >= 15 is 0 Å². The number of halogens is 2. The normalized spacial score (nSPS) is 12.7. The van der Waals surface area contributed by atoms with Gasteiger partial charge in [0.1, 0.15) is 6.61 Å². The number of esters is 1. The molecule has 32 heavy (non-hydrogen) atoms. The Hall–Kier alpha value is -4.20. The quantitative estimate of drug-likeness (QED) is 0.389. The lowest BCUT2D eigenvalue weighted by Gasteiger charge is -2.19. The summed E-state index contributed by atoms with van der Waals surface area (Å²) in [6.07, 6.45) is 0. The van der Waals surface area contributed by atoms with Gasteiger partial charge >= 0.3 is 12.5 Å². The monoisotopic (exact) mass is 432 g/mol. The maximum absolute atomic E-state index is 13.6. The molecule has 0 spiro atoms. The third-order valence-electron chi connectivity index (χ3n) is 5.37. The molecular weight excluding hydrogens is 418 g/mol. The van der Waals surface area contributed by atoms with Crippen molar-refractivity contribution in [2.24, 2.45) is 0 Å². The Morgan fingerprint density at radius 2 is 1.53 bits per heavy atom. The molecule has 0 bridgehead atoms. The molecule has 0 fully saturated rings. The third kappa shape index (κ3) is 2.99. The molecule has 0 atom stereocenters. The Bertz CT molecular complexity index is 1420. The molecule has 6 nitrogen and oxygen atoms in total. The van der Waals surface area contributed by atoms with Gasteiger partial charge in [0.05, 0.1) is 16.6 Å². The molecule has 3 aromatic carbocycles. The van der Waals surface area contributed by atoms with Crippen molar-refractivity contribution in [3.63, 3.8) is 0 Å². The van der Waals surface area contributed by atoms with Crippen LogP contribution in [0.5, 0.6) is 0 Å². The van der Waals surface area contributed by atoms with Gasteiger partial charge in [-0.3, -0.25) is 14.2 Å². The molecule has 0 saturated carbocycles. The van der Waals surface area contributed by atoms with Crippen molar-refractivity contribution in [2.45, 2.75) is 13.2 Å². The van der Waals surface area contributed by atoms with Gasteiger partial charge in [-0.1, -0.05) is 48.5 Å². The van der Waals surface area contributed by atoms with Crippen molar-refractivity contribution >= 4 is 28.6 Å². The number of nitrogens with zero attached hydrogens (tertiary/aromatic N) is 2. The smallest absolute Gasteiger partial charge is 0.339 e. The van der Waals surface area contributed by atoms with Crippen LogP contribution in [0.15, 0.2) is 66.7 Å². The topological polar surface area (TPSA) is 78.3 Å². The summed E-state index contributed by atoms with van der Waals surface area (Å²) in [6, 6.07) is 17.0. The van der Waals surface area contributed by atoms with Crippen LogP contribution in [-0.4, -0.2) is 27.1 Å². The first-order valence-electron chi connectivity index (χ1n) is 9.70. The second-order valence-electron chi connectivity index (χ2n) is 7.17. The van der Waals surface area contributed by atoms with Crippen LogP contribution in [0.3, 0.4) is 0 Å². The number of hydrogen-bond acceptors (Lipinski definition) is 5. The Balaban J connectivity index is 1.49. The van der Waals surface area contributed by atoms with E-state index in [0.717, 1.165) is 0 Å². The summed E-state index contributed by atoms with van der Waals surface area (Å²) in [4.78, 5) is 42.8. The number of benzene rings is 3. The van der Waals surface area contributed by atoms with Crippen LogP contribution in [0.25, 0.3) is 11.0 Å². The third-order valence-corrected chi connectivity index (χ3v) is 5.37. The zero-order valence-electron chi connectivity index (χ0n) is 16.4. The predicted octanol–water partition coefficient (Wildman–Crippen LogP) is 4.56. The number of fused-ring (bicyclic) bond motifs is 3. The molecule has 4 aromatic rings. The summed E-state index contributed by atoms with van der Waals surface area (Å²) in [5, 5.41) is 0. The lowest BCUT2D eigenvalue weighted by molar-refractivity contribution is 0.0386. The fourth-order valence-electron chi connectivity index (χ4n) is 3.94. The number of aromatic nitrogens is 2. The van der Waals surface area contributed by atoms with E-state index in [0.29, 0.717) is 10.1 Å². The number of imidazole rings is 1. The SMILES string of the molecule is O=C(OCc1nc2ccccc2n1C(F)F)c1cccc2c1C(=O)c1ccccc1C2=O. The van der Waals surface area contributed by atoms with Crippen molar-refractivity contribution in [1.29, 1.82) is 0 Å². The minimum Gasteiger partial charge on any atom is -0.454 e. The van der Waals surface area contributed by atoms with E-state index in [1.807, 2.05) is 0 Å². The molecule has 158 valence electrons. The molecule has 0 N–H and O–H groups in total. The van der Waals surface area contributed by atoms with E-state index < -0.39 is 24.9 Å². The van der Waals surface area contributed by atoms with Crippen LogP contribution < -0.4 is 0 Å². The number of carbonyl (C=O) groups excluding carboxylic acids is 3. The molecule has 1 aromatic heterocycles. The van der Waals surface area contributed by atoms with Crippen LogP contribution in [-0.2, 0) is 11.3 Å². The molecule has 0 amide bonds. The maximum atomic E-state index is 13.6. The van der Waals surface area contributed by atoms with E-state index in [9.17, 15) is 23.2 Å². The molecule has 8 heteroatoms. The van der Waals surface area contributed by atoms with Gasteiger partial charge in [0.15, 0.2) is 17.4 Å². The highest BCUT2D eigenvalue weighted by atomic mass is 19.3. The summed E-state index contributed by atoms with van der Waals surface area (Å²) in [5.74, 6) is -1.88. The van der Waals surface area contributed by atoms with Crippen molar-refractivity contribution in [1.82, 2.24) is 9.55 Å². The minimum absolute atomic E-state index is 0.0523. The first kappa shape index (κ1) is 19.7. The molecule has 1 aliphatic carbocycles. The van der Waals surface area contributed by atoms with Gasteiger partial charge in [-0.2, -0.15) is 8.78 Å². The number of ketones is 2. The van der Waals surface area contributed by atoms with Gasteiger partial charge in [-0.25, -0.2) is 9.78 Å². The van der Waals surface area contributed by atoms with Crippen molar-refractivity contribution in [2.75, 3.05) is 0 Å². The van der Waals surface area contributed by atoms with Crippen LogP contribution in [0, 0.1) is 0 Å². The standard InChI is InChI=1S/C24H14F2N2O4/c25-24(26)28-18-11-4-3-10-17(18)27-19(28)12-32-23(31)16-9-5-8-15-20(16)22(30)14-7-2-1-6-13(14)21(15)29/h1-11,24H,12H2. The van der Waals surface area contributed by atoms with E-state index in [2.05, 4.69) is 4.98 Å². The second-order valence-corrected chi connectivity index (χ2v) is 7.17. The summed E-state index contributed by atoms with van der Waals surface area (Å²) in [7, 11) is 0. The highest BCUT2D eigenvalue weighted by Crippen LogP contribution is 2.30. The Kier molecular flexibility index (Phi) is 4.62. The van der Waals surface area contributed by atoms with E-state index in [-0.39, 0.29) is 44.9 Å². The molecule has 1 heterocycles. The van der Waals surface area contributed by atoms with Gasteiger partial charge < -0.3 is 4.74 Å². The molecule has 5 rings (SSSR count). The van der Waals surface area contributed by atoms with Gasteiger partial charge in [-0.05, 0) is 18.2 Å². The molecule has 0 saturated heterocycles. The molecule has 0 radical (unpaired) electrons. The molecule has 1 aliphatic rings. The number of para-hydroxylation sites is 2. The number of ether oxygens (including phenoxy) is 1. The number of carbonyl (C=O) groups is 3. The van der Waals surface area contributed by atoms with Crippen LogP contribution >= 0.6 is 0 Å². The summed E-state index contributed by atoms with van der Waals surface area (Å²) < 4.78 is 33.1. The fourth-order valence-corrected chi connectivity index (χ4v) is 3.94. The maximum Gasteiger partial charge on any atom is 0.339 e. The first-order chi connectivity index (χ1) is 15.5. The second kappa shape index (κ2) is 7.49. The fraction of sp³-hybridized carbons (Fsp3) is 0.0833. The Labute approximate surface area is 180 Å². The van der Waals surface area contributed by atoms with Gasteiger partial charge in [0, 0.05) is 22.3 Å². The van der Waals surface area contributed by atoms with Crippen molar-refractivity contribution in [3.05, 3.63) is 100 Å². The first-order valence-corrected chi connectivity index (χ1v) is 9.70. The largest absolute Gasteiger partial charge is 0.454 e. The lowest BCUT2D eigenvalue weighted by atomic mass is 9.82. The van der Waals surface area contributed by atoms with Gasteiger partial charge in [0.25, 0.3) is 0 Å². The molecule has 0 unspecified atom stereocenters. The van der Waals surface area contributed by atoms with Crippen LogP contribution in [0.2, 0.25) is 0 Å². The average molecular weight is 432 g/mol. The number of alkyl halides is 2. The molecule has 0 aliphatic heterocycles. The van der Waals surface area contributed by atoms with Crippen molar-refractivity contribution in [3.8, 4) is 0 Å². The van der Waals surface area contributed by atoms with Gasteiger partial charge in [0.2, 0.25) is 0 Å². The molecular formula is C24H14F2N2O4. The summed E-state index contributed by atoms with van der Waals surface area (Å²) in [5.41, 5.74) is 0.962. The van der Waals surface area contributed by atoms with Gasteiger partial charge in [-0.15, -0.1) is 0 Å². The van der Waals surface area contributed by atoms with E-state index in [1.165, 1.54) is 30.3 Å². The zero-order chi connectivity index (χ0) is 22.4. The Morgan fingerprint density at radius 1 is 0.875 bits per heavy atom. The van der Waals surface area contributed by atoms with Crippen LogP contribution in [0.4, 0.5) is 8.78 Å². The van der Waals surface area contributed by atoms with Crippen molar-refractivity contribution < 1.29 is 27.9 Å². The highest BCUT2D eigenvalue weighted by Gasteiger charge is 2.33. The number of hydrogen-bond donors (Lipinski definition) is 0. The summed E-state index contributed by atoms with van der Waals surface area (Å²) >= 11 is 0. The highest BCUT2D eigenvalue weighted by molar-refractivity contribution is 6.30. The average Bonchev–Trinajstić information content (AvgIpc) is 3.19. The van der Waals surface area contributed by atoms with Crippen LogP contribution in [0.1, 0.15) is 54.6 Å². The minimum atomic E-state index is -2.88. The summed E-state index contributed by atoms with van der Waals surface area (Å²) in [6.45, 7) is -3.41.